The van der Waals surface area contributed by atoms with Crippen molar-refractivity contribution in [2.24, 2.45) is 0 Å². The first-order valence-electron chi connectivity index (χ1n) is 7.25. The molecule has 0 saturated heterocycles. The summed E-state index contributed by atoms with van der Waals surface area (Å²) < 4.78 is 0. The number of aliphatic hydroxyl groups is 1. The van der Waals surface area contributed by atoms with Crippen LogP contribution < -0.4 is 0 Å². The summed E-state index contributed by atoms with van der Waals surface area (Å²) in [5.74, 6) is 0. The van der Waals surface area contributed by atoms with Gasteiger partial charge >= 0.3 is 0 Å². The van der Waals surface area contributed by atoms with Crippen molar-refractivity contribution in [3.63, 3.8) is 0 Å². The molecule has 1 aromatic carbocycles. The zero-order valence-electron chi connectivity index (χ0n) is 12.1. The molecule has 1 N–H and O–H groups in total. The highest BCUT2D eigenvalue weighted by Gasteiger charge is 2.24. The van der Waals surface area contributed by atoms with Gasteiger partial charge in [0.1, 0.15) is 0 Å². The lowest BCUT2D eigenvalue weighted by atomic mass is 9.94. The number of hydrogen-bond donors (Lipinski definition) is 1. The average Bonchev–Trinajstić information content (AvgIpc) is 2.42. The van der Waals surface area contributed by atoms with E-state index in [2.05, 4.69) is 49.1 Å². The Morgan fingerprint density at radius 3 is 2.74 bits per heavy atom. The van der Waals surface area contributed by atoms with Gasteiger partial charge in [0.2, 0.25) is 0 Å². The first kappa shape index (κ1) is 14.3. The maximum absolute atomic E-state index is 9.58. The lowest BCUT2D eigenvalue weighted by Gasteiger charge is -2.35. The van der Waals surface area contributed by atoms with Crippen LogP contribution in [0.4, 0.5) is 0 Å². The van der Waals surface area contributed by atoms with Crippen molar-refractivity contribution in [1.82, 2.24) is 4.90 Å². The maximum atomic E-state index is 9.58. The number of fused-ring (bicyclic) bond motifs is 1. The highest BCUT2D eigenvalue weighted by molar-refractivity contribution is 5.30. The highest BCUT2D eigenvalue weighted by Crippen LogP contribution is 2.23. The molecule has 0 saturated carbocycles. The number of unbranched alkanes of at least 4 members (excludes halogenated alkanes) is 1. The van der Waals surface area contributed by atoms with E-state index in [1.165, 1.54) is 23.1 Å². The lowest BCUT2D eigenvalue weighted by molar-refractivity contribution is 0.105. The van der Waals surface area contributed by atoms with Crippen LogP contribution in [0, 0.1) is 0 Å². The van der Waals surface area contributed by atoms with E-state index in [0.717, 1.165) is 25.9 Å². The van der Waals surface area contributed by atoms with Crippen LogP contribution in [-0.2, 0) is 13.0 Å². The fraction of sp³-hybridized carbons (Fsp3) is 0.529. The zero-order valence-corrected chi connectivity index (χ0v) is 12.1. The largest absolute Gasteiger partial charge is 0.395 e. The minimum Gasteiger partial charge on any atom is -0.395 e. The van der Waals surface area contributed by atoms with Gasteiger partial charge in [-0.25, -0.2) is 0 Å². The number of benzene rings is 1. The Labute approximate surface area is 116 Å². The standard InChI is InChI=1S/C17H25NO/c1-14(2)7-5-6-10-18-12-16-9-4-3-8-15(16)11-17(18)13-19/h3-4,7-9,17,19H,5-6,10-13H2,1-2H3/t17-/m0/s1. The number of aliphatic hydroxyl groups excluding tert-OH is 1. The topological polar surface area (TPSA) is 23.5 Å². The molecule has 2 rings (SSSR count). The van der Waals surface area contributed by atoms with Crippen LogP contribution in [0.2, 0.25) is 0 Å². The maximum Gasteiger partial charge on any atom is 0.0590 e. The molecule has 1 aromatic rings. The van der Waals surface area contributed by atoms with Crippen LogP contribution in [0.3, 0.4) is 0 Å². The Bertz CT molecular complexity index is 435. The van der Waals surface area contributed by atoms with Crippen molar-refractivity contribution in [3.8, 4) is 0 Å². The molecule has 19 heavy (non-hydrogen) atoms. The van der Waals surface area contributed by atoms with E-state index >= 15 is 0 Å². The van der Waals surface area contributed by atoms with Crippen LogP contribution in [0.1, 0.15) is 37.8 Å². The second-order valence-corrected chi connectivity index (χ2v) is 5.70. The Morgan fingerprint density at radius 1 is 1.32 bits per heavy atom. The predicted octanol–water partition coefficient (Wildman–Crippen LogP) is 3.15. The Hall–Kier alpha value is -1.12. The number of rotatable bonds is 5. The van der Waals surface area contributed by atoms with Crippen LogP contribution in [0.15, 0.2) is 35.9 Å². The number of hydrogen-bond acceptors (Lipinski definition) is 2. The van der Waals surface area contributed by atoms with Gasteiger partial charge in [-0.2, -0.15) is 0 Å². The van der Waals surface area contributed by atoms with Crippen molar-refractivity contribution >= 4 is 0 Å². The van der Waals surface area contributed by atoms with Crippen LogP contribution in [0.25, 0.3) is 0 Å². The summed E-state index contributed by atoms with van der Waals surface area (Å²) in [4.78, 5) is 2.43. The minimum atomic E-state index is 0.261. The SMILES string of the molecule is CC(C)=CCCCN1Cc2ccccc2C[C@H]1CO. The third-order valence-corrected chi connectivity index (χ3v) is 3.88. The summed E-state index contributed by atoms with van der Waals surface area (Å²) in [5, 5.41) is 9.58. The quantitative estimate of drug-likeness (QED) is 0.648. The fourth-order valence-electron chi connectivity index (χ4n) is 2.77. The average molecular weight is 259 g/mol. The van der Waals surface area contributed by atoms with Crippen LogP contribution >= 0.6 is 0 Å². The van der Waals surface area contributed by atoms with Gasteiger partial charge in [0.25, 0.3) is 0 Å². The normalized spacial score (nSPS) is 19.0. The molecule has 1 aliphatic heterocycles. The monoisotopic (exact) mass is 259 g/mol. The minimum absolute atomic E-state index is 0.261. The molecule has 1 heterocycles. The van der Waals surface area contributed by atoms with E-state index in [1.807, 2.05) is 0 Å². The second-order valence-electron chi connectivity index (χ2n) is 5.70. The first-order valence-corrected chi connectivity index (χ1v) is 7.25. The van der Waals surface area contributed by atoms with E-state index in [9.17, 15) is 5.11 Å². The van der Waals surface area contributed by atoms with Crippen molar-refractivity contribution in [2.75, 3.05) is 13.2 Å². The van der Waals surface area contributed by atoms with Crippen molar-refractivity contribution in [2.45, 2.75) is 45.7 Å². The molecule has 0 aromatic heterocycles. The molecule has 0 fully saturated rings. The summed E-state index contributed by atoms with van der Waals surface area (Å²) >= 11 is 0. The number of nitrogens with zero attached hydrogens (tertiary/aromatic N) is 1. The number of allylic oxidation sites excluding steroid dienone is 2. The molecule has 1 aliphatic rings. The molecule has 0 amide bonds. The summed E-state index contributed by atoms with van der Waals surface area (Å²) in [7, 11) is 0. The molecular formula is C17H25NO. The molecule has 0 bridgehead atoms. The van der Waals surface area contributed by atoms with E-state index < -0.39 is 0 Å². The smallest absolute Gasteiger partial charge is 0.0590 e. The molecule has 104 valence electrons. The second kappa shape index (κ2) is 6.88. The van der Waals surface area contributed by atoms with Crippen molar-refractivity contribution in [3.05, 3.63) is 47.0 Å². The van der Waals surface area contributed by atoms with Gasteiger partial charge in [-0.05, 0) is 50.8 Å². The Morgan fingerprint density at radius 2 is 2.05 bits per heavy atom. The lowest BCUT2D eigenvalue weighted by Crippen LogP contribution is -2.43. The highest BCUT2D eigenvalue weighted by atomic mass is 16.3. The third-order valence-electron chi connectivity index (χ3n) is 3.88. The van der Waals surface area contributed by atoms with Crippen molar-refractivity contribution in [1.29, 1.82) is 0 Å². The van der Waals surface area contributed by atoms with Crippen LogP contribution in [-0.4, -0.2) is 29.2 Å². The van der Waals surface area contributed by atoms with Gasteiger partial charge in [-0.15, -0.1) is 0 Å². The van der Waals surface area contributed by atoms with Crippen LogP contribution in [0.5, 0.6) is 0 Å². The van der Waals surface area contributed by atoms with Crippen molar-refractivity contribution < 1.29 is 5.11 Å². The van der Waals surface area contributed by atoms with Gasteiger partial charge < -0.3 is 5.11 Å². The van der Waals surface area contributed by atoms with E-state index in [0.29, 0.717) is 6.04 Å². The van der Waals surface area contributed by atoms with Gasteiger partial charge in [0, 0.05) is 12.6 Å². The third kappa shape index (κ3) is 3.92. The summed E-state index contributed by atoms with van der Waals surface area (Å²) in [6, 6.07) is 8.91. The molecule has 0 unspecified atom stereocenters. The molecular weight excluding hydrogens is 234 g/mol. The van der Waals surface area contributed by atoms with Gasteiger partial charge in [0.05, 0.1) is 6.61 Å². The van der Waals surface area contributed by atoms with E-state index in [1.54, 1.807) is 0 Å². The zero-order chi connectivity index (χ0) is 13.7. The summed E-state index contributed by atoms with van der Waals surface area (Å²) in [6.45, 7) is 6.61. The van der Waals surface area contributed by atoms with E-state index in [4.69, 9.17) is 0 Å². The first-order chi connectivity index (χ1) is 9.20. The summed E-state index contributed by atoms with van der Waals surface area (Å²) in [6.07, 6.45) is 5.59. The summed E-state index contributed by atoms with van der Waals surface area (Å²) in [5.41, 5.74) is 4.22. The van der Waals surface area contributed by atoms with Gasteiger partial charge in [0.15, 0.2) is 0 Å². The predicted molar refractivity (Wildman–Crippen MR) is 80.1 cm³/mol. The molecule has 2 heteroatoms. The van der Waals surface area contributed by atoms with Gasteiger partial charge in [-0.1, -0.05) is 35.9 Å². The molecule has 0 radical (unpaired) electrons. The Kier molecular flexibility index (Phi) is 5.17. The molecule has 0 aliphatic carbocycles. The molecule has 1 atom stereocenters. The molecule has 2 nitrogen and oxygen atoms in total. The Balaban J connectivity index is 1.95. The van der Waals surface area contributed by atoms with Gasteiger partial charge in [-0.3, -0.25) is 4.90 Å². The fourth-order valence-corrected chi connectivity index (χ4v) is 2.77. The van der Waals surface area contributed by atoms with E-state index in [-0.39, 0.29) is 6.61 Å². The molecule has 0 spiro atoms.